The highest BCUT2D eigenvalue weighted by atomic mass is 16.4. The first kappa shape index (κ1) is 12.6. The van der Waals surface area contributed by atoms with Gasteiger partial charge in [-0.2, -0.15) is 0 Å². The number of hydrogen-bond acceptors (Lipinski definition) is 3. The molecule has 2 aromatic rings. The first-order chi connectivity index (χ1) is 9.08. The molecule has 3 N–H and O–H groups in total. The minimum atomic E-state index is -1.12. The molecule has 0 amide bonds. The Hall–Kier alpha value is -2.82. The van der Waals surface area contributed by atoms with Crippen LogP contribution in [-0.2, 0) is 0 Å². The van der Waals surface area contributed by atoms with Gasteiger partial charge in [0.1, 0.15) is 0 Å². The van der Waals surface area contributed by atoms with Crippen LogP contribution in [0.3, 0.4) is 0 Å². The highest BCUT2D eigenvalue weighted by Crippen LogP contribution is 2.22. The number of carbonyl (C=O) groups is 2. The zero-order valence-corrected chi connectivity index (χ0v) is 9.83. The van der Waals surface area contributed by atoms with E-state index in [1.165, 1.54) is 18.2 Å². The maximum Gasteiger partial charge on any atom is 0.337 e. The number of aromatic carboxylic acids is 2. The van der Waals surface area contributed by atoms with Crippen molar-refractivity contribution in [3.8, 4) is 0 Å². The van der Waals surface area contributed by atoms with Crippen LogP contribution in [0.2, 0.25) is 0 Å². The molecule has 0 spiro atoms. The van der Waals surface area contributed by atoms with Gasteiger partial charge in [-0.15, -0.1) is 0 Å². The van der Waals surface area contributed by atoms with E-state index in [1.54, 1.807) is 24.3 Å². The summed E-state index contributed by atoms with van der Waals surface area (Å²) in [5.41, 5.74) is 0.989. The Balaban J connectivity index is 2.43. The summed E-state index contributed by atoms with van der Waals surface area (Å²) in [6, 6.07) is 12.8. The molecular formula is C14H11NO4. The molecule has 0 heterocycles. The number of para-hydroxylation sites is 1. The second kappa shape index (κ2) is 5.22. The van der Waals surface area contributed by atoms with Crippen molar-refractivity contribution in [2.24, 2.45) is 0 Å². The smallest absolute Gasteiger partial charge is 0.337 e. The van der Waals surface area contributed by atoms with Crippen LogP contribution in [0.5, 0.6) is 0 Å². The summed E-state index contributed by atoms with van der Waals surface area (Å²) in [7, 11) is 0. The quantitative estimate of drug-likeness (QED) is 0.784. The molecule has 0 aliphatic heterocycles. The van der Waals surface area contributed by atoms with Gasteiger partial charge in [-0.05, 0) is 30.3 Å². The van der Waals surface area contributed by atoms with Crippen molar-refractivity contribution in [2.45, 2.75) is 0 Å². The van der Waals surface area contributed by atoms with E-state index in [9.17, 15) is 9.59 Å². The van der Waals surface area contributed by atoms with Crippen LogP contribution >= 0.6 is 0 Å². The minimum Gasteiger partial charge on any atom is -0.478 e. The van der Waals surface area contributed by atoms with E-state index >= 15 is 0 Å². The zero-order valence-electron chi connectivity index (χ0n) is 9.83. The molecule has 0 bridgehead atoms. The number of carboxylic acid groups (broad SMARTS) is 2. The van der Waals surface area contributed by atoms with Crippen LogP contribution in [0, 0.1) is 0 Å². The summed E-state index contributed by atoms with van der Waals surface area (Å²) in [5.74, 6) is -2.22. The molecule has 0 radical (unpaired) electrons. The van der Waals surface area contributed by atoms with Gasteiger partial charge < -0.3 is 15.5 Å². The molecule has 0 unspecified atom stereocenters. The average molecular weight is 257 g/mol. The Morgan fingerprint density at radius 2 is 1.58 bits per heavy atom. The van der Waals surface area contributed by atoms with E-state index in [0.717, 1.165) is 0 Å². The first-order valence-electron chi connectivity index (χ1n) is 5.50. The number of hydrogen-bond donors (Lipinski definition) is 3. The van der Waals surface area contributed by atoms with Crippen molar-refractivity contribution in [2.75, 3.05) is 5.32 Å². The zero-order chi connectivity index (χ0) is 13.8. The summed E-state index contributed by atoms with van der Waals surface area (Å²) in [6.45, 7) is 0. The molecular weight excluding hydrogens is 246 g/mol. The lowest BCUT2D eigenvalue weighted by molar-refractivity contribution is 0.0682. The minimum absolute atomic E-state index is 0.0221. The Morgan fingerprint density at radius 1 is 0.895 bits per heavy atom. The Kier molecular flexibility index (Phi) is 3.47. The Bertz CT molecular complexity index is 623. The van der Waals surface area contributed by atoms with Gasteiger partial charge in [0.2, 0.25) is 0 Å². The molecule has 0 saturated heterocycles. The second-order valence-corrected chi connectivity index (χ2v) is 3.86. The van der Waals surface area contributed by atoms with Gasteiger partial charge in [-0.25, -0.2) is 9.59 Å². The highest BCUT2D eigenvalue weighted by molar-refractivity contribution is 5.98. The van der Waals surface area contributed by atoms with Crippen molar-refractivity contribution < 1.29 is 19.8 Å². The summed E-state index contributed by atoms with van der Waals surface area (Å²) in [4.78, 5) is 22.0. The van der Waals surface area contributed by atoms with E-state index in [1.807, 2.05) is 6.07 Å². The van der Waals surface area contributed by atoms with Crippen molar-refractivity contribution >= 4 is 23.3 Å². The lowest BCUT2D eigenvalue weighted by Crippen LogP contribution is -2.05. The second-order valence-electron chi connectivity index (χ2n) is 3.86. The fourth-order valence-electron chi connectivity index (χ4n) is 1.64. The third kappa shape index (κ3) is 2.90. The normalized spacial score (nSPS) is 9.89. The van der Waals surface area contributed by atoms with Crippen LogP contribution in [0.15, 0.2) is 48.5 Å². The van der Waals surface area contributed by atoms with Gasteiger partial charge >= 0.3 is 11.9 Å². The number of nitrogens with one attached hydrogen (secondary N) is 1. The number of benzene rings is 2. The summed E-state index contributed by atoms with van der Waals surface area (Å²) < 4.78 is 0. The molecule has 0 atom stereocenters. The maximum atomic E-state index is 11.1. The number of carboxylic acids is 2. The van der Waals surface area contributed by atoms with Gasteiger partial charge in [0.25, 0.3) is 0 Å². The Labute approximate surface area is 109 Å². The van der Waals surface area contributed by atoms with Gasteiger partial charge in [0, 0.05) is 5.69 Å². The highest BCUT2D eigenvalue weighted by Gasteiger charge is 2.13. The van der Waals surface area contributed by atoms with Gasteiger partial charge in [-0.1, -0.05) is 18.2 Å². The third-order valence-electron chi connectivity index (χ3n) is 2.55. The fraction of sp³-hybridized carbons (Fsp3) is 0. The SMILES string of the molecule is O=C(O)c1ccc(C(=O)O)c(Nc2ccccc2)c1. The lowest BCUT2D eigenvalue weighted by Gasteiger charge is -2.10. The fourth-order valence-corrected chi connectivity index (χ4v) is 1.64. The van der Waals surface area contributed by atoms with Crippen molar-refractivity contribution in [1.82, 2.24) is 0 Å². The summed E-state index contributed by atoms with van der Waals surface area (Å²) in [5, 5.41) is 20.9. The monoisotopic (exact) mass is 257 g/mol. The van der Waals surface area contributed by atoms with Gasteiger partial charge in [0.15, 0.2) is 0 Å². The summed E-state index contributed by atoms with van der Waals surface area (Å²) >= 11 is 0. The van der Waals surface area contributed by atoms with Crippen molar-refractivity contribution in [3.05, 3.63) is 59.7 Å². The molecule has 2 aromatic carbocycles. The van der Waals surface area contributed by atoms with Crippen molar-refractivity contribution in [3.63, 3.8) is 0 Å². The van der Waals surface area contributed by atoms with Crippen LogP contribution in [0.4, 0.5) is 11.4 Å². The predicted molar refractivity (Wildman–Crippen MR) is 70.1 cm³/mol. The third-order valence-corrected chi connectivity index (χ3v) is 2.55. The van der Waals surface area contributed by atoms with Gasteiger partial charge in [-0.3, -0.25) is 0 Å². The summed E-state index contributed by atoms with van der Waals surface area (Å²) in [6.07, 6.45) is 0. The first-order valence-corrected chi connectivity index (χ1v) is 5.50. The topological polar surface area (TPSA) is 86.6 Å². The van der Waals surface area contributed by atoms with E-state index < -0.39 is 11.9 Å². The molecule has 0 saturated carbocycles. The molecule has 0 fully saturated rings. The molecule has 2 rings (SSSR count). The standard InChI is InChI=1S/C14H11NO4/c16-13(17)9-6-7-11(14(18)19)12(8-9)15-10-4-2-1-3-5-10/h1-8,15H,(H,16,17)(H,18,19). The maximum absolute atomic E-state index is 11.1. The van der Waals surface area contributed by atoms with Crippen LogP contribution < -0.4 is 5.32 Å². The Morgan fingerprint density at radius 3 is 2.16 bits per heavy atom. The van der Waals surface area contributed by atoms with Crippen LogP contribution in [0.25, 0.3) is 0 Å². The molecule has 5 heteroatoms. The lowest BCUT2D eigenvalue weighted by atomic mass is 10.1. The number of anilines is 2. The van der Waals surface area contributed by atoms with E-state index in [0.29, 0.717) is 5.69 Å². The molecule has 0 aromatic heterocycles. The van der Waals surface area contributed by atoms with E-state index in [2.05, 4.69) is 5.32 Å². The molecule has 0 aliphatic rings. The molecule has 5 nitrogen and oxygen atoms in total. The van der Waals surface area contributed by atoms with Crippen LogP contribution in [-0.4, -0.2) is 22.2 Å². The van der Waals surface area contributed by atoms with Crippen molar-refractivity contribution in [1.29, 1.82) is 0 Å². The van der Waals surface area contributed by atoms with E-state index in [4.69, 9.17) is 10.2 Å². The molecule has 96 valence electrons. The van der Waals surface area contributed by atoms with E-state index in [-0.39, 0.29) is 16.8 Å². The number of rotatable bonds is 4. The van der Waals surface area contributed by atoms with Gasteiger partial charge in [0.05, 0.1) is 16.8 Å². The largest absolute Gasteiger partial charge is 0.478 e. The molecule has 19 heavy (non-hydrogen) atoms. The average Bonchev–Trinajstić information content (AvgIpc) is 2.39. The molecule has 0 aliphatic carbocycles. The predicted octanol–water partition coefficient (Wildman–Crippen LogP) is 2.83. The van der Waals surface area contributed by atoms with Crippen LogP contribution in [0.1, 0.15) is 20.7 Å².